The molecule has 0 aromatic heterocycles. The highest BCUT2D eigenvalue weighted by Crippen LogP contribution is 2.20. The fourth-order valence-corrected chi connectivity index (χ4v) is 1.74. The van der Waals surface area contributed by atoms with Crippen LogP contribution in [0.4, 0.5) is 0 Å². The normalized spacial score (nSPS) is 11.9. The number of hydrogen-bond acceptors (Lipinski definition) is 4. The summed E-state index contributed by atoms with van der Waals surface area (Å²) in [6.45, 7) is 5.13. The Labute approximate surface area is 108 Å². The molecule has 0 spiro atoms. The van der Waals surface area contributed by atoms with Crippen LogP contribution in [0.1, 0.15) is 31.9 Å². The monoisotopic (exact) mass is 251 g/mol. The summed E-state index contributed by atoms with van der Waals surface area (Å²) in [5.74, 6) is 0.300. The third kappa shape index (κ3) is 4.37. The van der Waals surface area contributed by atoms with Gasteiger partial charge >= 0.3 is 5.97 Å². The SMILES string of the molecule is CCNC(CC)c1ccc(OCC(=O)OC)cc1. The standard InChI is InChI=1S/C14H21NO3/c1-4-13(15-5-2)11-6-8-12(9-7-11)18-10-14(16)17-3/h6-9,13,15H,4-5,10H2,1-3H3. The van der Waals surface area contributed by atoms with Gasteiger partial charge in [0.2, 0.25) is 0 Å². The van der Waals surface area contributed by atoms with E-state index in [1.165, 1.54) is 12.7 Å². The molecule has 0 fully saturated rings. The molecule has 0 bridgehead atoms. The number of hydrogen-bond donors (Lipinski definition) is 1. The van der Waals surface area contributed by atoms with Gasteiger partial charge in [0.1, 0.15) is 5.75 Å². The van der Waals surface area contributed by atoms with E-state index < -0.39 is 0 Å². The largest absolute Gasteiger partial charge is 0.482 e. The number of carbonyl (C=O) groups is 1. The highest BCUT2D eigenvalue weighted by Gasteiger charge is 2.08. The zero-order valence-electron chi connectivity index (χ0n) is 11.2. The number of esters is 1. The maximum Gasteiger partial charge on any atom is 0.343 e. The van der Waals surface area contributed by atoms with E-state index in [-0.39, 0.29) is 12.6 Å². The Morgan fingerprint density at radius 3 is 2.44 bits per heavy atom. The molecular weight excluding hydrogens is 230 g/mol. The lowest BCUT2D eigenvalue weighted by molar-refractivity contribution is -0.142. The average Bonchev–Trinajstić information content (AvgIpc) is 2.42. The molecule has 1 aromatic carbocycles. The Bertz CT molecular complexity index is 362. The number of nitrogens with one attached hydrogen (secondary N) is 1. The fraction of sp³-hybridized carbons (Fsp3) is 0.500. The van der Waals surface area contributed by atoms with Gasteiger partial charge in [-0.3, -0.25) is 0 Å². The molecule has 1 unspecified atom stereocenters. The van der Waals surface area contributed by atoms with Crippen LogP contribution in [-0.2, 0) is 9.53 Å². The second-order valence-corrected chi connectivity index (χ2v) is 3.95. The first-order chi connectivity index (χ1) is 8.71. The van der Waals surface area contributed by atoms with Crippen molar-refractivity contribution in [1.29, 1.82) is 0 Å². The topological polar surface area (TPSA) is 47.6 Å². The van der Waals surface area contributed by atoms with E-state index in [9.17, 15) is 4.79 Å². The molecule has 4 nitrogen and oxygen atoms in total. The minimum Gasteiger partial charge on any atom is -0.482 e. The molecule has 1 N–H and O–H groups in total. The van der Waals surface area contributed by atoms with Crippen LogP contribution in [-0.4, -0.2) is 26.2 Å². The number of carbonyl (C=O) groups excluding carboxylic acids is 1. The second kappa shape index (κ2) is 7.71. The third-order valence-corrected chi connectivity index (χ3v) is 2.73. The molecule has 18 heavy (non-hydrogen) atoms. The molecule has 4 heteroatoms. The molecule has 0 aliphatic heterocycles. The summed E-state index contributed by atoms with van der Waals surface area (Å²) in [7, 11) is 1.34. The van der Waals surface area contributed by atoms with Crippen molar-refractivity contribution in [2.24, 2.45) is 0 Å². The summed E-state index contributed by atoms with van der Waals surface area (Å²) in [4.78, 5) is 10.9. The highest BCUT2D eigenvalue weighted by atomic mass is 16.6. The van der Waals surface area contributed by atoms with Gasteiger partial charge in [-0.1, -0.05) is 26.0 Å². The molecule has 0 aliphatic carbocycles. The minimum absolute atomic E-state index is 0.0553. The van der Waals surface area contributed by atoms with Crippen LogP contribution < -0.4 is 10.1 Å². The van der Waals surface area contributed by atoms with Crippen molar-refractivity contribution in [2.45, 2.75) is 26.3 Å². The molecule has 0 aliphatic rings. The summed E-state index contributed by atoms with van der Waals surface area (Å²) in [6.07, 6.45) is 1.04. The van der Waals surface area contributed by atoms with Crippen LogP contribution in [0.25, 0.3) is 0 Å². The predicted molar refractivity (Wildman–Crippen MR) is 70.7 cm³/mol. The Hall–Kier alpha value is -1.55. The second-order valence-electron chi connectivity index (χ2n) is 3.95. The van der Waals surface area contributed by atoms with Gasteiger partial charge in [0.25, 0.3) is 0 Å². The van der Waals surface area contributed by atoms with Crippen LogP contribution in [0.2, 0.25) is 0 Å². The lowest BCUT2D eigenvalue weighted by atomic mass is 10.0. The van der Waals surface area contributed by atoms with Crippen LogP contribution in [0.15, 0.2) is 24.3 Å². The zero-order valence-corrected chi connectivity index (χ0v) is 11.2. The maximum absolute atomic E-state index is 10.9. The van der Waals surface area contributed by atoms with E-state index in [0.717, 1.165) is 13.0 Å². The Kier molecular flexibility index (Phi) is 6.22. The van der Waals surface area contributed by atoms with Crippen LogP contribution in [0.3, 0.4) is 0 Å². The molecule has 1 atom stereocenters. The van der Waals surface area contributed by atoms with Crippen molar-refractivity contribution < 1.29 is 14.3 Å². The average molecular weight is 251 g/mol. The van der Waals surface area contributed by atoms with Gasteiger partial charge in [-0.2, -0.15) is 0 Å². The van der Waals surface area contributed by atoms with Crippen molar-refractivity contribution >= 4 is 5.97 Å². The first kappa shape index (κ1) is 14.5. The lowest BCUT2D eigenvalue weighted by Gasteiger charge is -2.16. The molecule has 100 valence electrons. The molecule has 1 rings (SSSR count). The fourth-order valence-electron chi connectivity index (χ4n) is 1.74. The van der Waals surface area contributed by atoms with Gasteiger partial charge in [0.15, 0.2) is 6.61 Å². The summed E-state index contributed by atoms with van der Waals surface area (Å²) in [5.41, 5.74) is 1.23. The number of rotatable bonds is 7. The summed E-state index contributed by atoms with van der Waals surface area (Å²) < 4.78 is 9.80. The van der Waals surface area contributed by atoms with Crippen LogP contribution >= 0.6 is 0 Å². The summed E-state index contributed by atoms with van der Waals surface area (Å²) in [6, 6.07) is 8.15. The first-order valence-corrected chi connectivity index (χ1v) is 6.24. The van der Waals surface area contributed by atoms with Gasteiger partial charge in [0, 0.05) is 6.04 Å². The molecular formula is C14H21NO3. The lowest BCUT2D eigenvalue weighted by Crippen LogP contribution is -2.20. The van der Waals surface area contributed by atoms with Crippen molar-refractivity contribution in [3.8, 4) is 5.75 Å². The summed E-state index contributed by atoms with van der Waals surface area (Å²) >= 11 is 0. The third-order valence-electron chi connectivity index (χ3n) is 2.73. The van der Waals surface area contributed by atoms with Gasteiger partial charge < -0.3 is 14.8 Å². The van der Waals surface area contributed by atoms with Crippen LogP contribution in [0.5, 0.6) is 5.75 Å². The van der Waals surface area contributed by atoms with E-state index in [4.69, 9.17) is 4.74 Å². The number of benzene rings is 1. The number of ether oxygens (including phenoxy) is 2. The van der Waals surface area contributed by atoms with Crippen molar-refractivity contribution in [1.82, 2.24) is 5.32 Å². The summed E-state index contributed by atoms with van der Waals surface area (Å²) in [5, 5.41) is 3.41. The van der Waals surface area contributed by atoms with E-state index in [1.54, 1.807) is 0 Å². The number of methoxy groups -OCH3 is 1. The van der Waals surface area contributed by atoms with E-state index in [1.807, 2.05) is 24.3 Å². The Morgan fingerprint density at radius 2 is 1.94 bits per heavy atom. The van der Waals surface area contributed by atoms with Gasteiger partial charge in [-0.25, -0.2) is 4.79 Å². The minimum atomic E-state index is -0.377. The van der Waals surface area contributed by atoms with E-state index in [0.29, 0.717) is 11.8 Å². The maximum atomic E-state index is 10.9. The molecule has 0 saturated carbocycles. The van der Waals surface area contributed by atoms with Crippen molar-refractivity contribution in [2.75, 3.05) is 20.3 Å². The zero-order chi connectivity index (χ0) is 13.4. The van der Waals surface area contributed by atoms with Crippen LogP contribution in [0, 0.1) is 0 Å². The van der Waals surface area contributed by atoms with Gasteiger partial charge in [-0.15, -0.1) is 0 Å². The molecule has 0 radical (unpaired) electrons. The quantitative estimate of drug-likeness (QED) is 0.755. The van der Waals surface area contributed by atoms with Gasteiger partial charge in [0.05, 0.1) is 7.11 Å². The highest BCUT2D eigenvalue weighted by molar-refractivity contribution is 5.70. The molecule has 0 heterocycles. The first-order valence-electron chi connectivity index (χ1n) is 6.24. The van der Waals surface area contributed by atoms with E-state index in [2.05, 4.69) is 23.9 Å². The predicted octanol–water partition coefficient (Wildman–Crippen LogP) is 2.30. The Morgan fingerprint density at radius 1 is 1.28 bits per heavy atom. The van der Waals surface area contributed by atoms with E-state index >= 15 is 0 Å². The van der Waals surface area contributed by atoms with Crippen molar-refractivity contribution in [3.05, 3.63) is 29.8 Å². The van der Waals surface area contributed by atoms with Crippen molar-refractivity contribution in [3.63, 3.8) is 0 Å². The molecule has 0 amide bonds. The molecule has 0 saturated heterocycles. The Balaban J connectivity index is 2.58. The molecule has 1 aromatic rings. The smallest absolute Gasteiger partial charge is 0.343 e. The van der Waals surface area contributed by atoms with Gasteiger partial charge in [-0.05, 0) is 30.7 Å².